The molecule has 36 heavy (non-hydrogen) atoms. The Balaban J connectivity index is 1.20. The lowest BCUT2D eigenvalue weighted by Crippen LogP contribution is -2.48. The molecule has 0 saturated carbocycles. The smallest absolute Gasteiger partial charge is 0.298 e. The third-order valence-corrected chi connectivity index (χ3v) is 7.11. The van der Waals surface area contributed by atoms with Crippen LogP contribution >= 0.6 is 11.5 Å². The van der Waals surface area contributed by atoms with E-state index in [-0.39, 0.29) is 5.91 Å². The highest BCUT2D eigenvalue weighted by Gasteiger charge is 2.23. The van der Waals surface area contributed by atoms with Crippen molar-refractivity contribution in [2.75, 3.05) is 26.2 Å². The first-order valence-electron chi connectivity index (χ1n) is 12.3. The molecule has 3 aromatic carbocycles. The average Bonchev–Trinajstić information content (AvgIpc) is 3.34. The number of rotatable bonds is 7. The number of benzene rings is 3. The monoisotopic (exact) mass is 498 g/mol. The van der Waals surface area contributed by atoms with Gasteiger partial charge in [0.1, 0.15) is 5.75 Å². The van der Waals surface area contributed by atoms with Crippen molar-refractivity contribution in [3.05, 3.63) is 106 Å². The summed E-state index contributed by atoms with van der Waals surface area (Å²) in [7, 11) is 0. The molecule has 1 aromatic heterocycles. The summed E-state index contributed by atoms with van der Waals surface area (Å²) >= 11 is 1.23. The molecule has 1 fully saturated rings. The van der Waals surface area contributed by atoms with Crippen molar-refractivity contribution in [1.29, 1.82) is 0 Å². The van der Waals surface area contributed by atoms with Gasteiger partial charge in [-0.25, -0.2) is 0 Å². The van der Waals surface area contributed by atoms with Crippen LogP contribution in [-0.4, -0.2) is 51.2 Å². The molecule has 1 saturated heterocycles. The molecule has 0 unspecified atom stereocenters. The molecule has 1 aliphatic rings. The zero-order valence-corrected chi connectivity index (χ0v) is 21.5. The van der Waals surface area contributed by atoms with E-state index < -0.39 is 0 Å². The van der Waals surface area contributed by atoms with E-state index in [1.165, 1.54) is 22.7 Å². The zero-order chi connectivity index (χ0) is 24.9. The second-order valence-corrected chi connectivity index (χ2v) is 9.99. The van der Waals surface area contributed by atoms with E-state index in [1.807, 2.05) is 36.1 Å². The molecule has 184 valence electrons. The Kier molecular flexibility index (Phi) is 7.39. The first kappa shape index (κ1) is 24.2. The van der Waals surface area contributed by atoms with Crippen LogP contribution in [0.1, 0.15) is 38.4 Å². The summed E-state index contributed by atoms with van der Waals surface area (Å²) in [6.07, 6.45) is 0.661. The Bertz CT molecular complexity index is 1310. The molecule has 1 aliphatic heterocycles. The first-order valence-corrected chi connectivity index (χ1v) is 13.0. The predicted octanol–water partition coefficient (Wildman–Crippen LogP) is 5.50. The first-order chi connectivity index (χ1) is 17.5. The molecular weight excluding hydrogens is 468 g/mol. The van der Waals surface area contributed by atoms with Gasteiger partial charge in [-0.15, -0.1) is 0 Å². The number of aryl methyl sites for hydroxylation is 2. The number of ether oxygens (including phenoxy) is 1. The van der Waals surface area contributed by atoms with Gasteiger partial charge in [-0.3, -0.25) is 9.69 Å². The molecule has 0 aliphatic carbocycles. The minimum absolute atomic E-state index is 0.0385. The summed E-state index contributed by atoms with van der Waals surface area (Å²) in [5.41, 5.74) is 5.29. The van der Waals surface area contributed by atoms with Crippen LogP contribution in [0.4, 0.5) is 0 Å². The van der Waals surface area contributed by atoms with Gasteiger partial charge in [-0.2, -0.15) is 9.36 Å². The Labute approximate surface area is 216 Å². The number of hydrogen-bond acceptors (Lipinski definition) is 6. The lowest BCUT2D eigenvalue weighted by Gasteiger charge is -2.34. The van der Waals surface area contributed by atoms with Crippen molar-refractivity contribution in [1.82, 2.24) is 19.2 Å². The summed E-state index contributed by atoms with van der Waals surface area (Å²) in [6, 6.07) is 24.5. The molecule has 0 N–H and O–H groups in total. The summed E-state index contributed by atoms with van der Waals surface area (Å²) in [4.78, 5) is 22.1. The zero-order valence-electron chi connectivity index (χ0n) is 20.7. The highest BCUT2D eigenvalue weighted by molar-refractivity contribution is 7.07. The van der Waals surface area contributed by atoms with Crippen molar-refractivity contribution in [3.8, 4) is 10.9 Å². The van der Waals surface area contributed by atoms with E-state index in [9.17, 15) is 4.79 Å². The van der Waals surface area contributed by atoms with E-state index in [4.69, 9.17) is 4.74 Å². The molecule has 0 radical (unpaired) electrons. The molecular formula is C29H30N4O2S. The number of hydrogen-bond donors (Lipinski definition) is 0. The number of piperazine rings is 1. The topological polar surface area (TPSA) is 58.6 Å². The standard InChI is InChI=1S/C29H30N4O2S/c1-21-8-11-23(12-9-21)18-27-30-29(36-31-27)35-26-19-25(13-10-22(26)2)28(34)33-16-14-32(15-17-33)20-24-6-4-3-5-7-24/h3-13,19H,14-18,20H2,1-2H3. The van der Waals surface area contributed by atoms with Gasteiger partial charge in [0.25, 0.3) is 11.1 Å². The van der Waals surface area contributed by atoms with Gasteiger partial charge < -0.3 is 9.64 Å². The molecule has 0 atom stereocenters. The van der Waals surface area contributed by atoms with Crippen molar-refractivity contribution in [2.45, 2.75) is 26.8 Å². The van der Waals surface area contributed by atoms with Crippen molar-refractivity contribution in [3.63, 3.8) is 0 Å². The van der Waals surface area contributed by atoms with Crippen LogP contribution in [0.15, 0.2) is 72.8 Å². The summed E-state index contributed by atoms with van der Waals surface area (Å²) < 4.78 is 10.5. The SMILES string of the molecule is Cc1ccc(Cc2nsc(Oc3cc(C(=O)N4CCN(Cc5ccccc5)CC4)ccc3C)n2)cc1. The summed E-state index contributed by atoms with van der Waals surface area (Å²) in [5, 5.41) is 0.485. The van der Waals surface area contributed by atoms with Crippen LogP contribution in [0.2, 0.25) is 0 Å². The minimum atomic E-state index is 0.0385. The van der Waals surface area contributed by atoms with Gasteiger partial charge in [0.2, 0.25) is 0 Å². The summed E-state index contributed by atoms with van der Waals surface area (Å²) in [6.45, 7) is 8.13. The molecule has 7 heteroatoms. The van der Waals surface area contributed by atoms with E-state index in [0.717, 1.165) is 36.6 Å². The fourth-order valence-corrected chi connectivity index (χ4v) is 4.87. The van der Waals surface area contributed by atoms with E-state index in [0.29, 0.717) is 36.0 Å². The normalized spacial score (nSPS) is 14.1. The Hall–Kier alpha value is -3.55. The number of nitrogens with zero attached hydrogens (tertiary/aromatic N) is 4. The van der Waals surface area contributed by atoms with Gasteiger partial charge in [0.05, 0.1) is 0 Å². The Morgan fingerprint density at radius 2 is 1.67 bits per heavy atom. The maximum atomic E-state index is 13.2. The van der Waals surface area contributed by atoms with Crippen molar-refractivity contribution < 1.29 is 9.53 Å². The Morgan fingerprint density at radius 3 is 2.42 bits per heavy atom. The van der Waals surface area contributed by atoms with Gasteiger partial charge in [-0.05, 0) is 42.7 Å². The maximum Gasteiger partial charge on any atom is 0.298 e. The highest BCUT2D eigenvalue weighted by Crippen LogP contribution is 2.28. The van der Waals surface area contributed by atoms with Crippen molar-refractivity contribution >= 4 is 17.4 Å². The average molecular weight is 499 g/mol. The lowest BCUT2D eigenvalue weighted by molar-refractivity contribution is 0.0628. The Morgan fingerprint density at radius 1 is 0.917 bits per heavy atom. The van der Waals surface area contributed by atoms with Crippen LogP contribution in [0, 0.1) is 13.8 Å². The highest BCUT2D eigenvalue weighted by atomic mass is 32.1. The number of carbonyl (C=O) groups is 1. The molecule has 1 amide bonds. The lowest BCUT2D eigenvalue weighted by atomic mass is 10.1. The predicted molar refractivity (Wildman–Crippen MR) is 143 cm³/mol. The summed E-state index contributed by atoms with van der Waals surface area (Å²) in [5.74, 6) is 1.41. The quantitative estimate of drug-likeness (QED) is 0.337. The van der Waals surface area contributed by atoms with Crippen LogP contribution in [0.3, 0.4) is 0 Å². The third-order valence-electron chi connectivity index (χ3n) is 6.47. The fraction of sp³-hybridized carbons (Fsp3) is 0.276. The molecule has 0 bridgehead atoms. The second-order valence-electron chi connectivity index (χ2n) is 9.28. The number of amides is 1. The minimum Gasteiger partial charge on any atom is -0.430 e. The van der Waals surface area contributed by atoms with Gasteiger partial charge in [0, 0.05) is 56.2 Å². The number of aromatic nitrogens is 2. The second kappa shape index (κ2) is 11.0. The van der Waals surface area contributed by atoms with E-state index in [1.54, 1.807) is 0 Å². The largest absolute Gasteiger partial charge is 0.430 e. The van der Waals surface area contributed by atoms with Gasteiger partial charge in [0.15, 0.2) is 5.82 Å². The third kappa shape index (κ3) is 5.98. The molecule has 5 rings (SSSR count). The molecule has 6 nitrogen and oxygen atoms in total. The number of carbonyl (C=O) groups excluding carboxylic acids is 1. The van der Waals surface area contributed by atoms with Gasteiger partial charge in [-0.1, -0.05) is 66.2 Å². The van der Waals surface area contributed by atoms with Crippen LogP contribution in [0.5, 0.6) is 10.9 Å². The van der Waals surface area contributed by atoms with Gasteiger partial charge >= 0.3 is 0 Å². The molecule has 0 spiro atoms. The van der Waals surface area contributed by atoms with Crippen LogP contribution in [0.25, 0.3) is 0 Å². The van der Waals surface area contributed by atoms with Crippen LogP contribution < -0.4 is 4.74 Å². The molecule has 4 aromatic rings. The van der Waals surface area contributed by atoms with Crippen LogP contribution in [-0.2, 0) is 13.0 Å². The van der Waals surface area contributed by atoms with E-state index in [2.05, 4.69) is 69.7 Å². The maximum absolute atomic E-state index is 13.2. The molecule has 2 heterocycles. The fourth-order valence-electron chi connectivity index (χ4n) is 4.31. The van der Waals surface area contributed by atoms with Crippen molar-refractivity contribution in [2.24, 2.45) is 0 Å². The van der Waals surface area contributed by atoms with E-state index >= 15 is 0 Å².